The summed E-state index contributed by atoms with van der Waals surface area (Å²) in [7, 11) is 0. The molecule has 2 heterocycles. The first-order valence-corrected chi connectivity index (χ1v) is 6.61. The molecule has 0 aliphatic carbocycles. The number of hydrogen-bond acceptors (Lipinski definition) is 2. The lowest BCUT2D eigenvalue weighted by molar-refractivity contribution is -0.122. The number of nitrogens with one attached hydrogen (secondary N) is 1. The van der Waals surface area contributed by atoms with Crippen molar-refractivity contribution < 1.29 is 4.79 Å². The Hall–Kier alpha value is -1.62. The van der Waals surface area contributed by atoms with Crippen molar-refractivity contribution in [3.8, 4) is 11.1 Å². The molecule has 4 nitrogen and oxygen atoms in total. The summed E-state index contributed by atoms with van der Waals surface area (Å²) in [6, 6.07) is 7.87. The van der Waals surface area contributed by atoms with Crippen LogP contribution in [0.4, 0.5) is 0 Å². The number of benzene rings is 1. The number of carbonyl (C=O) groups excluding carboxylic acids is 1. The lowest BCUT2D eigenvalue weighted by Crippen LogP contribution is -2.21. The van der Waals surface area contributed by atoms with Crippen LogP contribution in [0.25, 0.3) is 11.1 Å². The fraction of sp³-hybridized carbons (Fsp3) is 0.231. The van der Waals surface area contributed by atoms with E-state index >= 15 is 0 Å². The van der Waals surface area contributed by atoms with Crippen molar-refractivity contribution in [2.75, 3.05) is 6.54 Å². The average molecular weight is 306 g/mol. The molecule has 1 N–H and O–H groups in total. The number of nitrogens with zero attached hydrogens (tertiary/aromatic N) is 2. The van der Waals surface area contributed by atoms with Crippen molar-refractivity contribution in [2.24, 2.45) is 0 Å². The summed E-state index contributed by atoms with van der Waals surface area (Å²) in [6.07, 6.45) is 4.53. The predicted molar refractivity (Wildman–Crippen MR) is 72.0 cm³/mol. The summed E-state index contributed by atoms with van der Waals surface area (Å²) in [4.78, 5) is 11.6. The lowest BCUT2D eigenvalue weighted by Gasteiger charge is -2.06. The van der Waals surface area contributed by atoms with Gasteiger partial charge in [-0.1, -0.05) is 28.1 Å². The minimum atomic E-state index is -0.161. The second-order valence-corrected chi connectivity index (χ2v) is 5.23. The molecule has 1 saturated heterocycles. The molecule has 1 aromatic heterocycles. The third-order valence-corrected chi connectivity index (χ3v) is 3.59. The van der Waals surface area contributed by atoms with E-state index < -0.39 is 0 Å². The standard InChI is InChI=1S/C13H12BrN3O/c14-11-3-1-2-9(6-11)10-7-16-17(8-10)12-4-5-15-13(12)18/h1-3,6-8,12H,4-5H2,(H,15,18). The van der Waals surface area contributed by atoms with E-state index in [9.17, 15) is 4.79 Å². The van der Waals surface area contributed by atoms with Gasteiger partial charge in [0.2, 0.25) is 5.91 Å². The van der Waals surface area contributed by atoms with E-state index in [-0.39, 0.29) is 11.9 Å². The van der Waals surface area contributed by atoms with Crippen molar-refractivity contribution in [3.05, 3.63) is 41.1 Å². The summed E-state index contributed by atoms with van der Waals surface area (Å²) in [5, 5.41) is 7.11. The lowest BCUT2D eigenvalue weighted by atomic mass is 10.1. The van der Waals surface area contributed by atoms with Gasteiger partial charge in [-0.05, 0) is 24.1 Å². The molecular formula is C13H12BrN3O. The highest BCUT2D eigenvalue weighted by Crippen LogP contribution is 2.24. The topological polar surface area (TPSA) is 46.9 Å². The second-order valence-electron chi connectivity index (χ2n) is 4.31. The van der Waals surface area contributed by atoms with Crippen LogP contribution >= 0.6 is 15.9 Å². The van der Waals surface area contributed by atoms with Crippen molar-refractivity contribution >= 4 is 21.8 Å². The molecule has 3 rings (SSSR count). The van der Waals surface area contributed by atoms with Gasteiger partial charge in [-0.3, -0.25) is 9.48 Å². The monoisotopic (exact) mass is 305 g/mol. The molecule has 1 aromatic carbocycles. The molecule has 0 radical (unpaired) electrons. The van der Waals surface area contributed by atoms with Crippen molar-refractivity contribution in [2.45, 2.75) is 12.5 Å². The highest BCUT2D eigenvalue weighted by atomic mass is 79.9. The summed E-state index contributed by atoms with van der Waals surface area (Å²) in [6.45, 7) is 0.732. The molecule has 1 unspecified atom stereocenters. The van der Waals surface area contributed by atoms with Crippen LogP contribution in [0.1, 0.15) is 12.5 Å². The number of carbonyl (C=O) groups is 1. The molecule has 0 saturated carbocycles. The third-order valence-electron chi connectivity index (χ3n) is 3.10. The van der Waals surface area contributed by atoms with Crippen molar-refractivity contribution in [1.82, 2.24) is 15.1 Å². The Bertz CT molecular complexity index is 593. The summed E-state index contributed by atoms with van der Waals surface area (Å²) >= 11 is 3.45. The minimum Gasteiger partial charge on any atom is -0.354 e. The zero-order valence-corrected chi connectivity index (χ0v) is 11.2. The molecule has 2 aromatic rings. The van der Waals surface area contributed by atoms with E-state index in [4.69, 9.17) is 0 Å². The van der Waals surface area contributed by atoms with Crippen LogP contribution in [0.5, 0.6) is 0 Å². The van der Waals surface area contributed by atoms with Crippen molar-refractivity contribution in [3.63, 3.8) is 0 Å². The maximum absolute atomic E-state index is 11.6. The largest absolute Gasteiger partial charge is 0.354 e. The highest BCUT2D eigenvalue weighted by Gasteiger charge is 2.26. The number of rotatable bonds is 2. The molecule has 18 heavy (non-hydrogen) atoms. The molecule has 5 heteroatoms. The molecule has 0 spiro atoms. The summed E-state index contributed by atoms with van der Waals surface area (Å²) in [5.41, 5.74) is 2.12. The summed E-state index contributed by atoms with van der Waals surface area (Å²) < 4.78 is 2.78. The number of halogens is 1. The Morgan fingerprint density at radius 2 is 2.28 bits per heavy atom. The molecule has 1 amide bonds. The molecule has 0 bridgehead atoms. The number of aromatic nitrogens is 2. The van der Waals surface area contributed by atoms with Gasteiger partial charge in [-0.15, -0.1) is 0 Å². The Labute approximate surface area is 113 Å². The normalized spacial score (nSPS) is 18.9. The maximum atomic E-state index is 11.6. The van der Waals surface area contributed by atoms with Crippen LogP contribution in [0, 0.1) is 0 Å². The van der Waals surface area contributed by atoms with E-state index in [1.165, 1.54) is 0 Å². The molecule has 1 fully saturated rings. The van der Waals surface area contributed by atoms with Gasteiger partial charge in [0.15, 0.2) is 0 Å². The van der Waals surface area contributed by atoms with E-state index in [0.717, 1.165) is 28.6 Å². The Kier molecular flexibility index (Phi) is 2.91. The minimum absolute atomic E-state index is 0.0545. The quantitative estimate of drug-likeness (QED) is 0.926. The third kappa shape index (κ3) is 2.06. The fourth-order valence-electron chi connectivity index (χ4n) is 2.16. The van der Waals surface area contributed by atoms with Gasteiger partial charge in [0.25, 0.3) is 0 Å². The molecule has 1 aliphatic heterocycles. The average Bonchev–Trinajstić information content (AvgIpc) is 2.97. The first kappa shape index (κ1) is 11.5. The van der Waals surface area contributed by atoms with Crippen LogP contribution in [0.15, 0.2) is 41.1 Å². The predicted octanol–water partition coefficient (Wildman–Crippen LogP) is 2.37. The van der Waals surface area contributed by atoms with Gasteiger partial charge in [0.05, 0.1) is 6.20 Å². The number of hydrogen-bond donors (Lipinski definition) is 1. The first-order valence-electron chi connectivity index (χ1n) is 5.82. The highest BCUT2D eigenvalue weighted by molar-refractivity contribution is 9.10. The van der Waals surface area contributed by atoms with E-state index in [2.05, 4.69) is 26.3 Å². The zero-order chi connectivity index (χ0) is 12.5. The first-order chi connectivity index (χ1) is 8.74. The maximum Gasteiger partial charge on any atom is 0.244 e. The van der Waals surface area contributed by atoms with Gasteiger partial charge in [0, 0.05) is 22.8 Å². The van der Waals surface area contributed by atoms with Gasteiger partial charge < -0.3 is 5.32 Å². The van der Waals surface area contributed by atoms with Gasteiger partial charge >= 0.3 is 0 Å². The Balaban J connectivity index is 1.92. The van der Waals surface area contributed by atoms with Crippen LogP contribution in [-0.4, -0.2) is 22.2 Å². The molecule has 92 valence electrons. The van der Waals surface area contributed by atoms with Crippen molar-refractivity contribution in [1.29, 1.82) is 0 Å². The van der Waals surface area contributed by atoms with Gasteiger partial charge in [-0.25, -0.2) is 0 Å². The van der Waals surface area contributed by atoms with Crippen LogP contribution in [0.2, 0.25) is 0 Å². The Morgan fingerprint density at radius 1 is 1.39 bits per heavy atom. The number of amides is 1. The molecule has 1 atom stereocenters. The SMILES string of the molecule is O=C1NCCC1n1cc(-c2cccc(Br)c2)cn1. The Morgan fingerprint density at radius 3 is 3.00 bits per heavy atom. The fourth-order valence-corrected chi connectivity index (χ4v) is 2.56. The second kappa shape index (κ2) is 4.57. The van der Waals surface area contributed by atoms with Gasteiger partial charge in [0.1, 0.15) is 6.04 Å². The molecular weight excluding hydrogens is 294 g/mol. The summed E-state index contributed by atoms with van der Waals surface area (Å²) in [5.74, 6) is 0.0545. The zero-order valence-electron chi connectivity index (χ0n) is 9.64. The van der Waals surface area contributed by atoms with E-state index in [1.54, 1.807) is 10.9 Å². The van der Waals surface area contributed by atoms with E-state index in [1.807, 2.05) is 30.5 Å². The van der Waals surface area contributed by atoms with Crippen LogP contribution in [-0.2, 0) is 4.79 Å². The van der Waals surface area contributed by atoms with Gasteiger partial charge in [-0.2, -0.15) is 5.10 Å². The van der Waals surface area contributed by atoms with E-state index in [0.29, 0.717) is 0 Å². The smallest absolute Gasteiger partial charge is 0.244 e. The van der Waals surface area contributed by atoms with Crippen LogP contribution in [0.3, 0.4) is 0 Å². The van der Waals surface area contributed by atoms with Crippen LogP contribution < -0.4 is 5.32 Å². The molecule has 1 aliphatic rings.